The maximum atomic E-state index is 6.19. The van der Waals surface area contributed by atoms with E-state index in [0.29, 0.717) is 18.2 Å². The third-order valence-electron chi connectivity index (χ3n) is 5.61. The van der Waals surface area contributed by atoms with Crippen LogP contribution in [0.15, 0.2) is 0 Å². The highest BCUT2D eigenvalue weighted by atomic mass is 16.5. The summed E-state index contributed by atoms with van der Waals surface area (Å²) in [5.74, 6) is 0. The van der Waals surface area contributed by atoms with E-state index < -0.39 is 0 Å². The van der Waals surface area contributed by atoms with Gasteiger partial charge in [-0.2, -0.15) is 0 Å². The van der Waals surface area contributed by atoms with Crippen LogP contribution in [-0.2, 0) is 4.74 Å². The molecule has 0 radical (unpaired) electrons. The minimum Gasteiger partial charge on any atom is -0.381 e. The van der Waals surface area contributed by atoms with E-state index in [4.69, 9.17) is 10.5 Å². The van der Waals surface area contributed by atoms with Gasteiger partial charge in [-0.05, 0) is 46.6 Å². The van der Waals surface area contributed by atoms with Crippen LogP contribution in [0.2, 0.25) is 0 Å². The van der Waals surface area contributed by atoms with E-state index >= 15 is 0 Å². The molecule has 19 heavy (non-hydrogen) atoms. The smallest absolute Gasteiger partial charge is 0.0572 e. The second-order valence-electron chi connectivity index (χ2n) is 6.63. The first-order valence-electron chi connectivity index (χ1n) is 7.72. The van der Waals surface area contributed by atoms with Gasteiger partial charge >= 0.3 is 0 Å². The number of nitrogens with zero attached hydrogens (tertiary/aromatic N) is 2. The lowest BCUT2D eigenvalue weighted by Gasteiger charge is -2.53. The Labute approximate surface area is 118 Å². The molecule has 2 rings (SSSR count). The van der Waals surface area contributed by atoms with Gasteiger partial charge in [0.15, 0.2) is 0 Å². The fraction of sp³-hybridized carbons (Fsp3) is 1.00. The fourth-order valence-electron chi connectivity index (χ4n) is 3.81. The molecule has 2 fully saturated rings. The van der Waals surface area contributed by atoms with Gasteiger partial charge in [-0.3, -0.25) is 9.80 Å². The second-order valence-corrected chi connectivity index (χ2v) is 6.63. The van der Waals surface area contributed by atoms with Crippen molar-refractivity contribution < 1.29 is 4.74 Å². The van der Waals surface area contributed by atoms with Crippen LogP contribution in [0.25, 0.3) is 0 Å². The molecule has 0 bridgehead atoms. The number of nitrogens with two attached hydrogens (primary N) is 1. The molecule has 0 aromatic heterocycles. The minimum absolute atomic E-state index is 0.221. The Morgan fingerprint density at radius 2 is 1.68 bits per heavy atom. The molecule has 2 aliphatic rings. The van der Waals surface area contributed by atoms with Gasteiger partial charge < -0.3 is 10.5 Å². The number of rotatable bonds is 3. The van der Waals surface area contributed by atoms with Crippen LogP contribution < -0.4 is 5.73 Å². The third kappa shape index (κ3) is 2.97. The first-order chi connectivity index (χ1) is 9.02. The number of hydrogen-bond donors (Lipinski definition) is 1. The fourth-order valence-corrected chi connectivity index (χ4v) is 3.81. The van der Waals surface area contributed by atoms with Crippen LogP contribution in [0.5, 0.6) is 0 Å². The Balaban J connectivity index is 2.05. The molecule has 2 N–H and O–H groups in total. The monoisotopic (exact) mass is 269 g/mol. The van der Waals surface area contributed by atoms with Gasteiger partial charge in [-0.15, -0.1) is 0 Å². The molecule has 2 atom stereocenters. The predicted octanol–water partition coefficient (Wildman–Crippen LogP) is 1.30. The zero-order valence-corrected chi connectivity index (χ0v) is 13.1. The topological polar surface area (TPSA) is 41.7 Å². The van der Waals surface area contributed by atoms with E-state index in [2.05, 4.69) is 30.7 Å². The van der Waals surface area contributed by atoms with Gasteiger partial charge in [-0.1, -0.05) is 0 Å². The highest BCUT2D eigenvalue weighted by Crippen LogP contribution is 2.36. The molecule has 0 aromatic rings. The molecule has 1 aliphatic heterocycles. The van der Waals surface area contributed by atoms with Crippen LogP contribution in [0, 0.1) is 0 Å². The molecule has 4 heteroatoms. The summed E-state index contributed by atoms with van der Waals surface area (Å²) in [6, 6.07) is 1.24. The second kappa shape index (κ2) is 6.08. The van der Waals surface area contributed by atoms with E-state index in [1.54, 1.807) is 0 Å². The normalized spacial score (nSPS) is 42.5. The summed E-state index contributed by atoms with van der Waals surface area (Å²) < 4.78 is 5.51. The van der Waals surface area contributed by atoms with Crippen molar-refractivity contribution in [2.24, 2.45) is 5.73 Å². The molecular weight excluding hydrogens is 238 g/mol. The van der Waals surface area contributed by atoms with Gasteiger partial charge in [0.1, 0.15) is 0 Å². The standard InChI is InChI=1S/C15H31N3O/c1-12-9-18(10-13(2)17(12)3)15(11-16)7-5-14(19-4)6-8-15/h12-14H,5-11,16H2,1-4H3. The molecule has 4 nitrogen and oxygen atoms in total. The predicted molar refractivity (Wildman–Crippen MR) is 79.3 cm³/mol. The van der Waals surface area contributed by atoms with Crippen LogP contribution in [0.4, 0.5) is 0 Å². The van der Waals surface area contributed by atoms with Crippen LogP contribution in [0.1, 0.15) is 39.5 Å². The molecule has 1 aliphatic carbocycles. The number of hydrogen-bond acceptors (Lipinski definition) is 4. The number of methoxy groups -OCH3 is 1. The molecule has 1 heterocycles. The highest BCUT2D eigenvalue weighted by Gasteiger charge is 2.42. The van der Waals surface area contributed by atoms with E-state index in [1.165, 1.54) is 12.8 Å². The average molecular weight is 269 g/mol. The molecule has 0 aromatic carbocycles. The Bertz CT molecular complexity index is 277. The van der Waals surface area contributed by atoms with Gasteiger partial charge in [0.2, 0.25) is 0 Å². The Morgan fingerprint density at radius 3 is 2.11 bits per heavy atom. The molecule has 0 spiro atoms. The molecule has 2 unspecified atom stereocenters. The maximum Gasteiger partial charge on any atom is 0.0572 e. The van der Waals surface area contributed by atoms with E-state index in [9.17, 15) is 0 Å². The van der Waals surface area contributed by atoms with Gasteiger partial charge in [0.25, 0.3) is 0 Å². The SMILES string of the molecule is COC1CCC(CN)(N2CC(C)N(C)C(C)C2)CC1. The Hall–Kier alpha value is -0.160. The summed E-state index contributed by atoms with van der Waals surface area (Å²) in [5, 5.41) is 0. The highest BCUT2D eigenvalue weighted by molar-refractivity contribution is 5.00. The zero-order valence-electron chi connectivity index (χ0n) is 13.1. The lowest BCUT2D eigenvalue weighted by atomic mass is 9.78. The largest absolute Gasteiger partial charge is 0.381 e. The summed E-state index contributed by atoms with van der Waals surface area (Å²) in [7, 11) is 4.07. The summed E-state index contributed by atoms with van der Waals surface area (Å²) in [6.45, 7) is 7.74. The van der Waals surface area contributed by atoms with Crippen molar-refractivity contribution in [3.05, 3.63) is 0 Å². The maximum absolute atomic E-state index is 6.19. The molecular formula is C15H31N3O. The molecule has 0 amide bonds. The Kier molecular flexibility index (Phi) is 4.88. The van der Waals surface area contributed by atoms with Crippen LogP contribution in [-0.4, -0.2) is 67.3 Å². The summed E-state index contributed by atoms with van der Waals surface area (Å²) >= 11 is 0. The van der Waals surface area contributed by atoms with Crippen LogP contribution >= 0.6 is 0 Å². The zero-order chi connectivity index (χ0) is 14.0. The molecule has 1 saturated carbocycles. The number of ether oxygens (including phenoxy) is 1. The molecule has 112 valence electrons. The first kappa shape index (κ1) is 15.2. The van der Waals surface area contributed by atoms with Crippen molar-refractivity contribution in [3.8, 4) is 0 Å². The first-order valence-corrected chi connectivity index (χ1v) is 7.72. The van der Waals surface area contributed by atoms with Crippen LogP contribution in [0.3, 0.4) is 0 Å². The lowest BCUT2D eigenvalue weighted by molar-refractivity contribution is -0.0497. The van der Waals surface area contributed by atoms with Crippen molar-refractivity contribution in [3.63, 3.8) is 0 Å². The lowest BCUT2D eigenvalue weighted by Crippen LogP contribution is -2.65. The summed E-state index contributed by atoms with van der Waals surface area (Å²) in [4.78, 5) is 5.16. The Morgan fingerprint density at radius 1 is 1.16 bits per heavy atom. The van der Waals surface area contributed by atoms with Gasteiger partial charge in [0, 0.05) is 44.4 Å². The van der Waals surface area contributed by atoms with Crippen molar-refractivity contribution in [2.45, 2.75) is 63.3 Å². The van der Waals surface area contributed by atoms with Crippen molar-refractivity contribution in [2.75, 3.05) is 33.8 Å². The van der Waals surface area contributed by atoms with E-state index in [1.807, 2.05) is 7.11 Å². The van der Waals surface area contributed by atoms with Crippen molar-refractivity contribution in [1.29, 1.82) is 0 Å². The van der Waals surface area contributed by atoms with E-state index in [-0.39, 0.29) is 5.54 Å². The summed E-state index contributed by atoms with van der Waals surface area (Å²) in [6.07, 6.45) is 5.13. The average Bonchev–Trinajstić information content (AvgIpc) is 2.44. The minimum atomic E-state index is 0.221. The molecule has 1 saturated heterocycles. The van der Waals surface area contributed by atoms with Crippen molar-refractivity contribution in [1.82, 2.24) is 9.80 Å². The quantitative estimate of drug-likeness (QED) is 0.838. The van der Waals surface area contributed by atoms with E-state index in [0.717, 1.165) is 32.5 Å². The number of piperazine rings is 1. The van der Waals surface area contributed by atoms with Gasteiger partial charge in [0.05, 0.1) is 6.10 Å². The number of likely N-dealkylation sites (N-methyl/N-ethyl adjacent to an activating group) is 1. The van der Waals surface area contributed by atoms with Gasteiger partial charge in [-0.25, -0.2) is 0 Å². The third-order valence-corrected chi connectivity index (χ3v) is 5.61. The van der Waals surface area contributed by atoms with Crippen molar-refractivity contribution >= 4 is 0 Å². The summed E-state index contributed by atoms with van der Waals surface area (Å²) in [5.41, 5.74) is 6.41.